The molecule has 0 atom stereocenters. The molecule has 0 aliphatic carbocycles. The summed E-state index contributed by atoms with van der Waals surface area (Å²) in [7, 11) is 1.55. The smallest absolute Gasteiger partial charge is 0.220 e. The average Bonchev–Trinajstić information content (AvgIpc) is 2.08. The van der Waals surface area contributed by atoms with Crippen LogP contribution in [0.3, 0.4) is 0 Å². The second-order valence-corrected chi connectivity index (χ2v) is 3.35. The lowest BCUT2D eigenvalue weighted by molar-refractivity contribution is 0.108. The number of carbonyl (C=O) groups excluding carboxylic acids is 1. The standard InChI is InChI=1S/C10H12O2S/c1-6-4-8(10(11)13)9(12-3)5-7(6)2/h4-5H,1-3H3,(H,11,13). The van der Waals surface area contributed by atoms with E-state index in [1.165, 1.54) is 0 Å². The molecule has 0 bridgehead atoms. The molecule has 0 radical (unpaired) electrons. The maximum atomic E-state index is 11.1. The Balaban J connectivity index is 3.33. The third-order valence-electron chi connectivity index (χ3n) is 2.05. The topological polar surface area (TPSA) is 26.3 Å². The molecule has 0 heterocycles. The third kappa shape index (κ3) is 2.04. The lowest BCUT2D eigenvalue weighted by atomic mass is 10.1. The molecule has 0 fully saturated rings. The Morgan fingerprint density at radius 1 is 1.31 bits per heavy atom. The second kappa shape index (κ2) is 3.83. The Labute approximate surface area is 83.3 Å². The summed E-state index contributed by atoms with van der Waals surface area (Å²) in [6, 6.07) is 3.64. The van der Waals surface area contributed by atoms with Gasteiger partial charge in [-0.3, -0.25) is 4.79 Å². The lowest BCUT2D eigenvalue weighted by Gasteiger charge is -2.08. The number of methoxy groups -OCH3 is 1. The maximum absolute atomic E-state index is 11.1. The van der Waals surface area contributed by atoms with Crippen molar-refractivity contribution >= 4 is 17.7 Å². The summed E-state index contributed by atoms with van der Waals surface area (Å²) in [6.07, 6.45) is 0. The number of thiol groups is 1. The highest BCUT2D eigenvalue weighted by Gasteiger charge is 2.09. The quantitative estimate of drug-likeness (QED) is 0.735. The van der Waals surface area contributed by atoms with Gasteiger partial charge in [0.25, 0.3) is 0 Å². The number of rotatable bonds is 2. The molecule has 0 unspecified atom stereocenters. The normalized spacial score (nSPS) is 9.85. The van der Waals surface area contributed by atoms with Crippen LogP contribution in [0.1, 0.15) is 21.5 Å². The first-order valence-electron chi connectivity index (χ1n) is 3.94. The van der Waals surface area contributed by atoms with Crippen LogP contribution in [-0.2, 0) is 0 Å². The van der Waals surface area contributed by atoms with Crippen molar-refractivity contribution in [3.8, 4) is 5.75 Å². The zero-order valence-electron chi connectivity index (χ0n) is 7.92. The summed E-state index contributed by atoms with van der Waals surface area (Å²) < 4.78 is 5.07. The van der Waals surface area contributed by atoms with E-state index in [4.69, 9.17) is 4.74 Å². The molecule has 1 aromatic carbocycles. The Hall–Kier alpha value is -0.960. The first-order chi connectivity index (χ1) is 6.06. The van der Waals surface area contributed by atoms with Crippen molar-refractivity contribution in [2.45, 2.75) is 13.8 Å². The van der Waals surface area contributed by atoms with Crippen LogP contribution in [0.2, 0.25) is 0 Å². The highest BCUT2D eigenvalue weighted by Crippen LogP contribution is 2.24. The highest BCUT2D eigenvalue weighted by atomic mass is 32.1. The zero-order chi connectivity index (χ0) is 10.0. The molecule has 0 amide bonds. The zero-order valence-corrected chi connectivity index (χ0v) is 8.81. The molecular formula is C10H12O2S. The van der Waals surface area contributed by atoms with Gasteiger partial charge in [-0.1, -0.05) is 0 Å². The van der Waals surface area contributed by atoms with Crippen molar-refractivity contribution in [3.05, 3.63) is 28.8 Å². The van der Waals surface area contributed by atoms with Gasteiger partial charge in [0.05, 0.1) is 12.7 Å². The molecule has 0 saturated heterocycles. The van der Waals surface area contributed by atoms with E-state index in [0.717, 1.165) is 11.1 Å². The van der Waals surface area contributed by atoms with Crippen molar-refractivity contribution in [3.63, 3.8) is 0 Å². The Morgan fingerprint density at radius 3 is 2.31 bits per heavy atom. The van der Waals surface area contributed by atoms with Crippen molar-refractivity contribution < 1.29 is 9.53 Å². The number of ether oxygens (including phenoxy) is 1. The lowest BCUT2D eigenvalue weighted by Crippen LogP contribution is -1.97. The molecule has 1 rings (SSSR count). The third-order valence-corrected chi connectivity index (χ3v) is 2.29. The van der Waals surface area contributed by atoms with E-state index in [1.807, 2.05) is 19.9 Å². The first-order valence-corrected chi connectivity index (χ1v) is 4.39. The van der Waals surface area contributed by atoms with E-state index in [-0.39, 0.29) is 5.12 Å². The molecular weight excluding hydrogens is 184 g/mol. The molecule has 0 N–H and O–H groups in total. The van der Waals surface area contributed by atoms with Crippen LogP contribution in [-0.4, -0.2) is 12.2 Å². The van der Waals surface area contributed by atoms with E-state index < -0.39 is 0 Å². The summed E-state index contributed by atoms with van der Waals surface area (Å²) >= 11 is 3.77. The van der Waals surface area contributed by atoms with Gasteiger partial charge < -0.3 is 4.74 Å². The van der Waals surface area contributed by atoms with E-state index in [1.54, 1.807) is 13.2 Å². The molecule has 70 valence electrons. The molecule has 0 spiro atoms. The highest BCUT2D eigenvalue weighted by molar-refractivity contribution is 7.97. The van der Waals surface area contributed by atoms with Crippen LogP contribution < -0.4 is 4.74 Å². The molecule has 0 saturated carbocycles. The summed E-state index contributed by atoms with van der Waals surface area (Å²) in [5.41, 5.74) is 2.70. The Morgan fingerprint density at radius 2 is 1.85 bits per heavy atom. The summed E-state index contributed by atoms with van der Waals surface area (Å²) in [4.78, 5) is 11.1. The van der Waals surface area contributed by atoms with Gasteiger partial charge in [-0.05, 0) is 37.1 Å². The number of benzene rings is 1. The van der Waals surface area contributed by atoms with Crippen molar-refractivity contribution in [2.75, 3.05) is 7.11 Å². The van der Waals surface area contributed by atoms with Gasteiger partial charge in [0.1, 0.15) is 5.75 Å². The molecule has 2 nitrogen and oxygen atoms in total. The van der Waals surface area contributed by atoms with Gasteiger partial charge in [-0.15, -0.1) is 12.6 Å². The van der Waals surface area contributed by atoms with Crippen molar-refractivity contribution in [1.29, 1.82) is 0 Å². The summed E-state index contributed by atoms with van der Waals surface area (Å²) in [5, 5.41) is -0.264. The van der Waals surface area contributed by atoms with E-state index in [0.29, 0.717) is 11.3 Å². The molecule has 13 heavy (non-hydrogen) atoms. The average molecular weight is 196 g/mol. The van der Waals surface area contributed by atoms with Crippen molar-refractivity contribution in [1.82, 2.24) is 0 Å². The minimum absolute atomic E-state index is 0.264. The monoisotopic (exact) mass is 196 g/mol. The van der Waals surface area contributed by atoms with Crippen LogP contribution >= 0.6 is 12.6 Å². The Kier molecular flexibility index (Phi) is 2.98. The number of aryl methyl sites for hydroxylation is 2. The van der Waals surface area contributed by atoms with Crippen LogP contribution in [0.25, 0.3) is 0 Å². The molecule has 3 heteroatoms. The fraction of sp³-hybridized carbons (Fsp3) is 0.300. The van der Waals surface area contributed by atoms with Gasteiger partial charge in [-0.2, -0.15) is 0 Å². The van der Waals surface area contributed by atoms with Gasteiger partial charge in [0.2, 0.25) is 5.12 Å². The molecule has 0 aliphatic rings. The van der Waals surface area contributed by atoms with Gasteiger partial charge in [0.15, 0.2) is 0 Å². The van der Waals surface area contributed by atoms with E-state index in [9.17, 15) is 4.79 Å². The molecule has 0 aromatic heterocycles. The SMILES string of the molecule is COc1cc(C)c(C)cc1C(=O)S. The van der Waals surface area contributed by atoms with Gasteiger partial charge >= 0.3 is 0 Å². The second-order valence-electron chi connectivity index (χ2n) is 2.94. The fourth-order valence-corrected chi connectivity index (χ4v) is 1.30. The van der Waals surface area contributed by atoms with Crippen molar-refractivity contribution in [2.24, 2.45) is 0 Å². The summed E-state index contributed by atoms with van der Waals surface area (Å²) in [6.45, 7) is 3.93. The Bertz CT molecular complexity index is 345. The van der Waals surface area contributed by atoms with Gasteiger partial charge in [0, 0.05) is 0 Å². The number of hydrogen-bond acceptors (Lipinski definition) is 2. The number of hydrogen-bond donors (Lipinski definition) is 1. The minimum Gasteiger partial charge on any atom is -0.496 e. The predicted octanol–water partition coefficient (Wildman–Crippen LogP) is 2.38. The van der Waals surface area contributed by atoms with E-state index in [2.05, 4.69) is 12.6 Å². The number of carbonyl (C=O) groups is 1. The van der Waals surface area contributed by atoms with Gasteiger partial charge in [-0.25, -0.2) is 0 Å². The van der Waals surface area contributed by atoms with Crippen LogP contribution in [0.15, 0.2) is 12.1 Å². The van der Waals surface area contributed by atoms with Crippen LogP contribution in [0, 0.1) is 13.8 Å². The van der Waals surface area contributed by atoms with Crippen LogP contribution in [0.5, 0.6) is 5.75 Å². The maximum Gasteiger partial charge on any atom is 0.220 e. The van der Waals surface area contributed by atoms with Crippen LogP contribution in [0.4, 0.5) is 0 Å². The minimum atomic E-state index is -0.264. The largest absolute Gasteiger partial charge is 0.496 e. The molecule has 1 aromatic rings. The fourth-order valence-electron chi connectivity index (χ4n) is 1.13. The predicted molar refractivity (Wildman–Crippen MR) is 55.8 cm³/mol. The van der Waals surface area contributed by atoms with E-state index >= 15 is 0 Å². The summed E-state index contributed by atoms with van der Waals surface area (Å²) in [5.74, 6) is 0.586. The molecule has 0 aliphatic heterocycles. The first kappa shape index (κ1) is 10.1.